The number of para-hydroxylation sites is 1. The third kappa shape index (κ3) is 3.82. The van der Waals surface area contributed by atoms with Crippen molar-refractivity contribution in [1.29, 1.82) is 0 Å². The Morgan fingerprint density at radius 3 is 2.56 bits per heavy atom. The molecule has 5 rings (SSSR count). The van der Waals surface area contributed by atoms with Crippen LogP contribution in [0.15, 0.2) is 79.3 Å². The third-order valence-electron chi connectivity index (χ3n) is 6.10. The van der Waals surface area contributed by atoms with Gasteiger partial charge in [-0.25, -0.2) is 15.0 Å². The molecule has 0 aliphatic rings. The van der Waals surface area contributed by atoms with Gasteiger partial charge >= 0.3 is 0 Å². The SMILES string of the molecule is Cc1cc2nccn2cc1-c1nc(NCC(c2ccccc2)C(C)C)c2ccccc2n1. The van der Waals surface area contributed by atoms with Gasteiger partial charge in [-0.05, 0) is 42.2 Å². The van der Waals surface area contributed by atoms with Gasteiger partial charge in [-0.2, -0.15) is 0 Å². The van der Waals surface area contributed by atoms with Crippen molar-refractivity contribution >= 4 is 22.4 Å². The number of aromatic nitrogens is 4. The average molecular weight is 422 g/mol. The largest absolute Gasteiger partial charge is 0.369 e. The molecule has 3 aromatic heterocycles. The molecular weight excluding hydrogens is 394 g/mol. The maximum absolute atomic E-state index is 4.99. The molecule has 1 unspecified atom stereocenters. The van der Waals surface area contributed by atoms with E-state index in [9.17, 15) is 0 Å². The van der Waals surface area contributed by atoms with E-state index in [4.69, 9.17) is 9.97 Å². The van der Waals surface area contributed by atoms with Gasteiger partial charge in [0.05, 0.1) is 5.52 Å². The van der Waals surface area contributed by atoms with Gasteiger partial charge in [0.2, 0.25) is 0 Å². The lowest BCUT2D eigenvalue weighted by Gasteiger charge is -2.23. The number of imidazole rings is 1. The van der Waals surface area contributed by atoms with Crippen molar-refractivity contribution in [3.63, 3.8) is 0 Å². The fraction of sp³-hybridized carbons (Fsp3) is 0.222. The highest BCUT2D eigenvalue weighted by atomic mass is 15.0. The number of fused-ring (bicyclic) bond motifs is 2. The molecule has 0 aliphatic heterocycles. The molecule has 32 heavy (non-hydrogen) atoms. The van der Waals surface area contributed by atoms with E-state index < -0.39 is 0 Å². The molecule has 2 aromatic carbocycles. The van der Waals surface area contributed by atoms with E-state index in [1.165, 1.54) is 5.56 Å². The topological polar surface area (TPSA) is 55.1 Å². The van der Waals surface area contributed by atoms with Gasteiger partial charge < -0.3 is 9.72 Å². The van der Waals surface area contributed by atoms with Crippen molar-refractivity contribution in [2.75, 3.05) is 11.9 Å². The summed E-state index contributed by atoms with van der Waals surface area (Å²) < 4.78 is 2.01. The first-order chi connectivity index (χ1) is 15.6. The summed E-state index contributed by atoms with van der Waals surface area (Å²) in [5.74, 6) is 2.48. The van der Waals surface area contributed by atoms with Crippen LogP contribution < -0.4 is 5.32 Å². The minimum atomic E-state index is 0.386. The van der Waals surface area contributed by atoms with Crippen LogP contribution in [0.3, 0.4) is 0 Å². The first kappa shape index (κ1) is 20.2. The minimum absolute atomic E-state index is 0.386. The summed E-state index contributed by atoms with van der Waals surface area (Å²) in [4.78, 5) is 14.3. The fourth-order valence-electron chi connectivity index (χ4n) is 4.27. The Kier molecular flexibility index (Phi) is 5.31. The molecule has 0 bridgehead atoms. The summed E-state index contributed by atoms with van der Waals surface area (Å²) in [7, 11) is 0. The van der Waals surface area contributed by atoms with E-state index in [0.717, 1.165) is 45.9 Å². The first-order valence-corrected chi connectivity index (χ1v) is 11.1. The predicted octanol–water partition coefficient (Wildman–Crippen LogP) is 6.10. The molecule has 0 spiro atoms. The molecule has 0 radical (unpaired) electrons. The summed E-state index contributed by atoms with van der Waals surface area (Å²) in [6.07, 6.45) is 5.82. The summed E-state index contributed by atoms with van der Waals surface area (Å²) in [5.41, 5.74) is 5.32. The number of rotatable bonds is 6. The normalized spacial score (nSPS) is 12.5. The quantitative estimate of drug-likeness (QED) is 0.360. The van der Waals surface area contributed by atoms with Crippen molar-refractivity contribution in [3.05, 3.63) is 90.4 Å². The highest BCUT2D eigenvalue weighted by molar-refractivity contribution is 5.90. The Bertz CT molecular complexity index is 1370. The standard InChI is InChI=1S/C27H27N5/c1-18(2)22(20-9-5-4-6-10-20)16-29-26-21-11-7-8-12-24(21)30-27(31-26)23-17-32-14-13-28-25(32)15-19(23)3/h4-15,17-18,22H,16H2,1-3H3,(H,29,30,31). The highest BCUT2D eigenvalue weighted by Gasteiger charge is 2.18. The van der Waals surface area contributed by atoms with Crippen LogP contribution in [0.25, 0.3) is 27.9 Å². The maximum Gasteiger partial charge on any atom is 0.163 e. The summed E-state index contributed by atoms with van der Waals surface area (Å²) in [6, 6.07) is 21.0. The number of hydrogen-bond acceptors (Lipinski definition) is 4. The monoisotopic (exact) mass is 421 g/mol. The van der Waals surface area contributed by atoms with Crippen LogP contribution in [0.5, 0.6) is 0 Å². The molecule has 5 nitrogen and oxygen atoms in total. The number of nitrogens with zero attached hydrogens (tertiary/aromatic N) is 4. The van der Waals surface area contributed by atoms with Crippen molar-refractivity contribution < 1.29 is 0 Å². The molecule has 5 heteroatoms. The van der Waals surface area contributed by atoms with Crippen LogP contribution >= 0.6 is 0 Å². The zero-order valence-electron chi connectivity index (χ0n) is 18.7. The number of anilines is 1. The van der Waals surface area contributed by atoms with Gasteiger partial charge in [-0.15, -0.1) is 0 Å². The summed E-state index contributed by atoms with van der Waals surface area (Å²) in [6.45, 7) is 7.43. The van der Waals surface area contributed by atoms with Crippen LogP contribution in [0.2, 0.25) is 0 Å². The Morgan fingerprint density at radius 1 is 0.969 bits per heavy atom. The lowest BCUT2D eigenvalue weighted by atomic mass is 9.88. The molecular formula is C27H27N5. The van der Waals surface area contributed by atoms with Crippen LogP contribution in [0.1, 0.15) is 30.9 Å². The second-order valence-electron chi connectivity index (χ2n) is 8.62. The van der Waals surface area contributed by atoms with Crippen LogP contribution in [-0.2, 0) is 0 Å². The molecule has 0 fully saturated rings. The number of aryl methyl sites for hydroxylation is 1. The van der Waals surface area contributed by atoms with Gasteiger partial charge in [0, 0.05) is 42.0 Å². The number of hydrogen-bond donors (Lipinski definition) is 1. The van der Waals surface area contributed by atoms with E-state index in [-0.39, 0.29) is 0 Å². The van der Waals surface area contributed by atoms with Crippen molar-refractivity contribution in [2.24, 2.45) is 5.92 Å². The molecule has 1 N–H and O–H groups in total. The lowest BCUT2D eigenvalue weighted by molar-refractivity contribution is 0.516. The smallest absolute Gasteiger partial charge is 0.163 e. The zero-order valence-corrected chi connectivity index (χ0v) is 18.7. The molecule has 160 valence electrons. The zero-order chi connectivity index (χ0) is 22.1. The number of benzene rings is 2. The number of nitrogens with one attached hydrogen (secondary N) is 1. The average Bonchev–Trinajstić information content (AvgIpc) is 3.26. The van der Waals surface area contributed by atoms with Gasteiger partial charge in [-0.3, -0.25) is 0 Å². The van der Waals surface area contributed by atoms with Gasteiger partial charge in [0.25, 0.3) is 0 Å². The van der Waals surface area contributed by atoms with Gasteiger partial charge in [0.1, 0.15) is 11.5 Å². The van der Waals surface area contributed by atoms with Crippen LogP contribution in [0, 0.1) is 12.8 Å². The molecule has 5 aromatic rings. The number of pyridine rings is 1. The van der Waals surface area contributed by atoms with E-state index in [1.54, 1.807) is 0 Å². The second-order valence-corrected chi connectivity index (χ2v) is 8.62. The fourth-order valence-corrected chi connectivity index (χ4v) is 4.27. The Hall–Kier alpha value is -3.73. The maximum atomic E-state index is 4.99. The summed E-state index contributed by atoms with van der Waals surface area (Å²) in [5, 5.41) is 4.69. The molecule has 3 heterocycles. The molecule has 1 atom stereocenters. The van der Waals surface area contributed by atoms with Gasteiger partial charge in [-0.1, -0.05) is 56.3 Å². The van der Waals surface area contributed by atoms with E-state index >= 15 is 0 Å². The Labute approximate surface area is 188 Å². The Balaban J connectivity index is 1.56. The summed E-state index contributed by atoms with van der Waals surface area (Å²) >= 11 is 0. The van der Waals surface area contributed by atoms with Crippen molar-refractivity contribution in [2.45, 2.75) is 26.7 Å². The highest BCUT2D eigenvalue weighted by Crippen LogP contribution is 2.29. The van der Waals surface area contributed by atoms with E-state index in [2.05, 4.69) is 79.7 Å². The lowest BCUT2D eigenvalue weighted by Crippen LogP contribution is -2.18. The van der Waals surface area contributed by atoms with E-state index in [0.29, 0.717) is 11.8 Å². The Morgan fingerprint density at radius 2 is 1.75 bits per heavy atom. The third-order valence-corrected chi connectivity index (χ3v) is 6.10. The van der Waals surface area contributed by atoms with Gasteiger partial charge in [0.15, 0.2) is 5.82 Å². The van der Waals surface area contributed by atoms with Crippen LogP contribution in [-0.4, -0.2) is 25.9 Å². The minimum Gasteiger partial charge on any atom is -0.369 e. The second kappa shape index (κ2) is 8.42. The van der Waals surface area contributed by atoms with Crippen LogP contribution in [0.4, 0.5) is 5.82 Å². The molecule has 0 saturated carbocycles. The molecule has 0 saturated heterocycles. The predicted molar refractivity (Wildman–Crippen MR) is 131 cm³/mol. The molecule has 0 amide bonds. The van der Waals surface area contributed by atoms with Crippen molar-refractivity contribution in [3.8, 4) is 11.4 Å². The van der Waals surface area contributed by atoms with Crippen molar-refractivity contribution in [1.82, 2.24) is 19.4 Å². The van der Waals surface area contributed by atoms with E-state index in [1.807, 2.05) is 35.0 Å². The first-order valence-electron chi connectivity index (χ1n) is 11.1. The molecule has 0 aliphatic carbocycles.